The molecule has 0 radical (unpaired) electrons. The van der Waals surface area contributed by atoms with Crippen molar-refractivity contribution in [3.8, 4) is 0 Å². The summed E-state index contributed by atoms with van der Waals surface area (Å²) < 4.78 is 4.76. The van der Waals surface area contributed by atoms with Gasteiger partial charge in [-0.2, -0.15) is 0 Å². The van der Waals surface area contributed by atoms with Gasteiger partial charge in [0.05, 0.1) is 13.7 Å². The van der Waals surface area contributed by atoms with Gasteiger partial charge in [-0.15, -0.1) is 11.3 Å². The molecule has 7 heteroatoms. The molecule has 1 atom stereocenters. The standard InChI is InChI=1S/C14H15N3O3S/c1-20-13(19)12(10-5-3-2-4-6-10)16-9-11(18)17-14-15-7-8-21-14/h2-8,12,16H,9H2,1H3,(H,15,17,18). The summed E-state index contributed by atoms with van der Waals surface area (Å²) in [6.07, 6.45) is 1.61. The van der Waals surface area contributed by atoms with Crippen molar-refractivity contribution in [3.63, 3.8) is 0 Å². The molecule has 0 aliphatic rings. The molecule has 2 N–H and O–H groups in total. The number of carbonyl (C=O) groups excluding carboxylic acids is 2. The minimum absolute atomic E-state index is 0.0196. The second-order valence-corrected chi connectivity index (χ2v) is 5.03. The normalized spacial score (nSPS) is 11.7. The molecule has 1 heterocycles. The van der Waals surface area contributed by atoms with Crippen molar-refractivity contribution in [1.29, 1.82) is 0 Å². The van der Waals surface area contributed by atoms with E-state index in [2.05, 4.69) is 15.6 Å². The molecule has 1 aromatic heterocycles. The molecule has 21 heavy (non-hydrogen) atoms. The Labute approximate surface area is 126 Å². The van der Waals surface area contributed by atoms with Crippen LogP contribution in [0.5, 0.6) is 0 Å². The van der Waals surface area contributed by atoms with Crippen LogP contribution < -0.4 is 10.6 Å². The Kier molecular flexibility index (Phi) is 5.42. The number of carbonyl (C=O) groups is 2. The van der Waals surface area contributed by atoms with Gasteiger partial charge < -0.3 is 10.1 Å². The highest BCUT2D eigenvalue weighted by atomic mass is 32.1. The van der Waals surface area contributed by atoms with Gasteiger partial charge in [-0.05, 0) is 5.56 Å². The van der Waals surface area contributed by atoms with Gasteiger partial charge in [0.1, 0.15) is 6.04 Å². The molecule has 110 valence electrons. The van der Waals surface area contributed by atoms with E-state index >= 15 is 0 Å². The average Bonchev–Trinajstić information content (AvgIpc) is 3.01. The van der Waals surface area contributed by atoms with Crippen LogP contribution in [-0.2, 0) is 14.3 Å². The number of hydrogen-bond acceptors (Lipinski definition) is 6. The number of rotatable bonds is 6. The van der Waals surface area contributed by atoms with Crippen LogP contribution in [0.4, 0.5) is 5.13 Å². The maximum absolute atomic E-state index is 11.8. The fraction of sp³-hybridized carbons (Fsp3) is 0.214. The number of esters is 1. The minimum atomic E-state index is -0.682. The van der Waals surface area contributed by atoms with Gasteiger partial charge in [-0.25, -0.2) is 9.78 Å². The van der Waals surface area contributed by atoms with E-state index in [1.54, 1.807) is 23.7 Å². The maximum atomic E-state index is 11.8. The molecule has 0 fully saturated rings. The zero-order valence-corrected chi connectivity index (χ0v) is 12.2. The van der Waals surface area contributed by atoms with E-state index in [4.69, 9.17) is 4.74 Å². The van der Waals surface area contributed by atoms with E-state index in [9.17, 15) is 9.59 Å². The number of ether oxygens (including phenoxy) is 1. The minimum Gasteiger partial charge on any atom is -0.468 e. The van der Waals surface area contributed by atoms with Crippen LogP contribution in [0.1, 0.15) is 11.6 Å². The van der Waals surface area contributed by atoms with Gasteiger partial charge in [0.2, 0.25) is 5.91 Å². The number of aromatic nitrogens is 1. The Bertz CT molecular complexity index is 587. The maximum Gasteiger partial charge on any atom is 0.327 e. The predicted octanol–water partition coefficient (Wildman–Crippen LogP) is 1.59. The summed E-state index contributed by atoms with van der Waals surface area (Å²) in [4.78, 5) is 27.6. The molecule has 6 nitrogen and oxygen atoms in total. The second-order valence-electron chi connectivity index (χ2n) is 4.13. The molecule has 0 bridgehead atoms. The number of hydrogen-bond donors (Lipinski definition) is 2. The number of nitrogens with zero attached hydrogens (tertiary/aromatic N) is 1. The second kappa shape index (κ2) is 7.51. The Morgan fingerprint density at radius 1 is 1.33 bits per heavy atom. The molecular weight excluding hydrogens is 290 g/mol. The molecule has 0 aliphatic heterocycles. The van der Waals surface area contributed by atoms with Crippen LogP contribution >= 0.6 is 11.3 Å². The summed E-state index contributed by atoms with van der Waals surface area (Å²) in [5.74, 6) is -0.710. The highest BCUT2D eigenvalue weighted by Gasteiger charge is 2.21. The molecule has 0 saturated heterocycles. The Morgan fingerprint density at radius 2 is 2.10 bits per heavy atom. The number of methoxy groups -OCH3 is 1. The van der Waals surface area contributed by atoms with Gasteiger partial charge in [-0.1, -0.05) is 30.3 Å². The SMILES string of the molecule is COC(=O)C(NCC(=O)Nc1nccs1)c1ccccc1. The molecule has 0 aliphatic carbocycles. The monoisotopic (exact) mass is 305 g/mol. The summed E-state index contributed by atoms with van der Waals surface area (Å²) in [6.45, 7) is -0.0196. The van der Waals surface area contributed by atoms with Gasteiger partial charge in [-0.3, -0.25) is 10.1 Å². The first-order valence-corrected chi connectivity index (χ1v) is 7.14. The van der Waals surface area contributed by atoms with E-state index in [1.165, 1.54) is 18.4 Å². The lowest BCUT2D eigenvalue weighted by atomic mass is 10.1. The third-order valence-corrected chi connectivity index (χ3v) is 3.40. The lowest BCUT2D eigenvalue weighted by molar-refractivity contribution is -0.143. The zero-order valence-electron chi connectivity index (χ0n) is 11.4. The van der Waals surface area contributed by atoms with E-state index in [1.807, 2.05) is 18.2 Å². The van der Waals surface area contributed by atoms with Crippen molar-refractivity contribution in [2.75, 3.05) is 19.0 Å². The first kappa shape index (κ1) is 15.1. The largest absolute Gasteiger partial charge is 0.468 e. The summed E-state index contributed by atoms with van der Waals surface area (Å²) in [6, 6.07) is 8.41. The van der Waals surface area contributed by atoms with E-state index in [0.717, 1.165) is 5.56 Å². The molecule has 1 unspecified atom stereocenters. The fourth-order valence-electron chi connectivity index (χ4n) is 1.74. The molecule has 1 amide bonds. The molecule has 0 saturated carbocycles. The van der Waals surface area contributed by atoms with Gasteiger partial charge in [0.15, 0.2) is 5.13 Å². The number of anilines is 1. The lowest BCUT2D eigenvalue weighted by Gasteiger charge is -2.16. The molecule has 2 aromatic rings. The first-order chi connectivity index (χ1) is 10.2. The van der Waals surface area contributed by atoms with Crippen LogP contribution in [-0.4, -0.2) is 30.5 Å². The van der Waals surface area contributed by atoms with E-state index in [-0.39, 0.29) is 12.5 Å². The Balaban J connectivity index is 1.96. The number of thiazole rings is 1. The smallest absolute Gasteiger partial charge is 0.327 e. The highest BCUT2D eigenvalue weighted by molar-refractivity contribution is 7.13. The van der Waals surface area contributed by atoms with Crippen molar-refractivity contribution in [3.05, 3.63) is 47.5 Å². The van der Waals surface area contributed by atoms with Gasteiger partial charge in [0.25, 0.3) is 0 Å². The zero-order chi connectivity index (χ0) is 15.1. The average molecular weight is 305 g/mol. The van der Waals surface area contributed by atoms with Crippen LogP contribution in [0.2, 0.25) is 0 Å². The van der Waals surface area contributed by atoms with Crippen molar-refractivity contribution < 1.29 is 14.3 Å². The first-order valence-electron chi connectivity index (χ1n) is 6.26. The summed E-state index contributed by atoms with van der Waals surface area (Å²) >= 11 is 1.33. The molecule has 2 rings (SSSR count). The summed E-state index contributed by atoms with van der Waals surface area (Å²) in [5.41, 5.74) is 0.742. The topological polar surface area (TPSA) is 80.3 Å². The van der Waals surface area contributed by atoms with Gasteiger partial charge >= 0.3 is 5.97 Å². The Hall–Kier alpha value is -2.25. The van der Waals surface area contributed by atoms with Crippen LogP contribution in [0.3, 0.4) is 0 Å². The predicted molar refractivity (Wildman–Crippen MR) is 79.9 cm³/mol. The quantitative estimate of drug-likeness (QED) is 0.792. The van der Waals surface area contributed by atoms with Crippen molar-refractivity contribution >= 4 is 28.3 Å². The summed E-state index contributed by atoms with van der Waals surface area (Å²) in [7, 11) is 1.32. The van der Waals surface area contributed by atoms with Crippen LogP contribution in [0.15, 0.2) is 41.9 Å². The number of nitrogens with one attached hydrogen (secondary N) is 2. The van der Waals surface area contributed by atoms with E-state index < -0.39 is 12.0 Å². The third kappa shape index (κ3) is 4.37. The molecule has 0 spiro atoms. The van der Waals surface area contributed by atoms with Crippen molar-refractivity contribution in [2.45, 2.75) is 6.04 Å². The van der Waals surface area contributed by atoms with Gasteiger partial charge in [0, 0.05) is 11.6 Å². The number of benzene rings is 1. The highest BCUT2D eigenvalue weighted by Crippen LogP contribution is 2.14. The number of amides is 1. The molecular formula is C14H15N3O3S. The van der Waals surface area contributed by atoms with E-state index in [0.29, 0.717) is 5.13 Å². The fourth-order valence-corrected chi connectivity index (χ4v) is 2.29. The third-order valence-electron chi connectivity index (χ3n) is 2.72. The van der Waals surface area contributed by atoms with Crippen LogP contribution in [0.25, 0.3) is 0 Å². The lowest BCUT2D eigenvalue weighted by Crippen LogP contribution is -2.35. The molecule has 1 aromatic carbocycles. The van der Waals surface area contributed by atoms with Crippen LogP contribution in [0, 0.1) is 0 Å². The summed E-state index contributed by atoms with van der Waals surface area (Å²) in [5, 5.41) is 7.82. The van der Waals surface area contributed by atoms with Crippen molar-refractivity contribution in [1.82, 2.24) is 10.3 Å². The Morgan fingerprint density at radius 3 is 2.71 bits per heavy atom. The van der Waals surface area contributed by atoms with Crippen molar-refractivity contribution in [2.24, 2.45) is 0 Å².